The lowest BCUT2D eigenvalue weighted by atomic mass is 10.1. The normalized spacial score (nSPS) is 12.1. The highest BCUT2D eigenvalue weighted by molar-refractivity contribution is 5.78. The molecule has 1 unspecified atom stereocenters. The summed E-state index contributed by atoms with van der Waals surface area (Å²) >= 11 is 0. The van der Waals surface area contributed by atoms with Gasteiger partial charge in [-0.1, -0.05) is 49.4 Å². The number of carbonyl (C=O) groups is 1. The third-order valence-corrected chi connectivity index (χ3v) is 4.88. The van der Waals surface area contributed by atoms with E-state index >= 15 is 0 Å². The molecule has 0 saturated carbocycles. The van der Waals surface area contributed by atoms with Gasteiger partial charge in [0.25, 0.3) is 5.56 Å². The largest absolute Gasteiger partial charge is 0.333 e. The van der Waals surface area contributed by atoms with Gasteiger partial charge < -0.3 is 4.90 Å². The van der Waals surface area contributed by atoms with Crippen molar-refractivity contribution in [1.82, 2.24) is 14.5 Å². The molecule has 0 aliphatic carbocycles. The number of aromatic nitrogens is 2. The summed E-state index contributed by atoms with van der Waals surface area (Å²) in [4.78, 5) is 32.2. The van der Waals surface area contributed by atoms with Crippen molar-refractivity contribution in [2.24, 2.45) is 0 Å². The van der Waals surface area contributed by atoms with Crippen molar-refractivity contribution in [3.05, 3.63) is 76.3 Å². The van der Waals surface area contributed by atoms with Crippen LogP contribution in [-0.4, -0.2) is 26.9 Å². The third-order valence-electron chi connectivity index (χ3n) is 4.88. The van der Waals surface area contributed by atoms with E-state index in [2.05, 4.69) is 0 Å². The molecule has 0 radical (unpaired) electrons. The molecule has 5 nitrogen and oxygen atoms in total. The molecule has 3 rings (SSSR count). The minimum atomic E-state index is -0.288. The lowest BCUT2D eigenvalue weighted by Crippen LogP contribution is -2.37. The Hall–Kier alpha value is -2.95. The molecule has 1 atom stereocenters. The van der Waals surface area contributed by atoms with Crippen molar-refractivity contribution in [2.75, 3.05) is 6.54 Å². The van der Waals surface area contributed by atoms with E-state index in [0.29, 0.717) is 36.2 Å². The first-order chi connectivity index (χ1) is 13.1. The van der Waals surface area contributed by atoms with Gasteiger partial charge in [-0.15, -0.1) is 0 Å². The van der Waals surface area contributed by atoms with E-state index in [4.69, 9.17) is 4.98 Å². The Labute approximate surface area is 159 Å². The maximum Gasteiger partial charge on any atom is 0.261 e. The van der Waals surface area contributed by atoms with Crippen LogP contribution in [0.25, 0.3) is 10.9 Å². The number of para-hydroxylation sites is 1. The van der Waals surface area contributed by atoms with Gasteiger partial charge in [-0.05, 0) is 31.5 Å². The van der Waals surface area contributed by atoms with Crippen LogP contribution in [0, 0.1) is 0 Å². The Kier molecular flexibility index (Phi) is 5.69. The minimum Gasteiger partial charge on any atom is -0.333 e. The number of benzene rings is 2. The van der Waals surface area contributed by atoms with Crippen molar-refractivity contribution in [3.8, 4) is 0 Å². The molecular formula is C22H25N3O2. The van der Waals surface area contributed by atoms with Crippen LogP contribution in [0.3, 0.4) is 0 Å². The van der Waals surface area contributed by atoms with Gasteiger partial charge in [0.05, 0.1) is 23.5 Å². The third kappa shape index (κ3) is 3.77. The number of nitrogens with zero attached hydrogens (tertiary/aromatic N) is 3. The summed E-state index contributed by atoms with van der Waals surface area (Å²) in [7, 11) is 0. The molecule has 2 aromatic carbocycles. The number of rotatable bonds is 6. The molecule has 1 aromatic heterocycles. The van der Waals surface area contributed by atoms with E-state index in [1.807, 2.05) is 69.3 Å². The summed E-state index contributed by atoms with van der Waals surface area (Å²) in [6.45, 7) is 6.74. The number of hydrogen-bond acceptors (Lipinski definition) is 3. The van der Waals surface area contributed by atoms with E-state index in [1.54, 1.807) is 15.5 Å². The van der Waals surface area contributed by atoms with Gasteiger partial charge in [0.1, 0.15) is 5.82 Å². The van der Waals surface area contributed by atoms with Gasteiger partial charge >= 0.3 is 0 Å². The SMILES string of the molecule is CCC(=O)N(CC)C(C)c1nc2ccccc2c(=O)n1Cc1ccccc1. The van der Waals surface area contributed by atoms with E-state index < -0.39 is 0 Å². The molecule has 1 amide bonds. The predicted molar refractivity (Wildman–Crippen MR) is 108 cm³/mol. The maximum absolute atomic E-state index is 13.2. The smallest absolute Gasteiger partial charge is 0.261 e. The molecule has 0 bridgehead atoms. The van der Waals surface area contributed by atoms with E-state index in [1.165, 1.54) is 0 Å². The van der Waals surface area contributed by atoms with E-state index in [-0.39, 0.29) is 17.5 Å². The zero-order chi connectivity index (χ0) is 19.4. The second-order valence-electron chi connectivity index (χ2n) is 6.57. The molecular weight excluding hydrogens is 338 g/mol. The van der Waals surface area contributed by atoms with Crippen molar-refractivity contribution in [2.45, 2.75) is 39.8 Å². The molecule has 0 N–H and O–H groups in total. The Balaban J connectivity index is 2.18. The van der Waals surface area contributed by atoms with Gasteiger partial charge in [-0.2, -0.15) is 0 Å². The fourth-order valence-electron chi connectivity index (χ4n) is 3.43. The average molecular weight is 363 g/mol. The first kappa shape index (κ1) is 18.8. The predicted octanol–water partition coefficient (Wildman–Crippen LogP) is 3.76. The standard InChI is InChI=1S/C22H25N3O2/c1-4-20(26)24(5-2)16(3)21-23-19-14-10-9-13-18(19)22(27)25(21)15-17-11-7-6-8-12-17/h6-14,16H,4-5,15H2,1-3H3. The van der Waals surface area contributed by atoms with Crippen LogP contribution in [0.4, 0.5) is 0 Å². The van der Waals surface area contributed by atoms with Crippen LogP contribution in [0.5, 0.6) is 0 Å². The van der Waals surface area contributed by atoms with Crippen LogP contribution in [0.1, 0.15) is 44.6 Å². The van der Waals surface area contributed by atoms with Crippen LogP contribution < -0.4 is 5.56 Å². The monoisotopic (exact) mass is 363 g/mol. The number of fused-ring (bicyclic) bond motifs is 1. The molecule has 0 aliphatic heterocycles. The molecule has 0 saturated heterocycles. The van der Waals surface area contributed by atoms with Crippen molar-refractivity contribution >= 4 is 16.8 Å². The summed E-state index contributed by atoms with van der Waals surface area (Å²) in [5, 5.41) is 0.592. The molecule has 1 heterocycles. The summed E-state index contributed by atoms with van der Waals surface area (Å²) in [6, 6.07) is 16.9. The number of hydrogen-bond donors (Lipinski definition) is 0. The highest BCUT2D eigenvalue weighted by Crippen LogP contribution is 2.21. The summed E-state index contributed by atoms with van der Waals surface area (Å²) in [5.41, 5.74) is 1.61. The maximum atomic E-state index is 13.2. The number of amides is 1. The van der Waals surface area contributed by atoms with Crippen LogP contribution in [-0.2, 0) is 11.3 Å². The Bertz CT molecular complexity index is 995. The highest BCUT2D eigenvalue weighted by atomic mass is 16.2. The second-order valence-corrected chi connectivity index (χ2v) is 6.57. The Morgan fingerprint density at radius 3 is 2.41 bits per heavy atom. The molecule has 140 valence electrons. The van der Waals surface area contributed by atoms with Crippen LogP contribution in [0.2, 0.25) is 0 Å². The quantitative estimate of drug-likeness (QED) is 0.670. The van der Waals surface area contributed by atoms with Crippen molar-refractivity contribution in [1.29, 1.82) is 0 Å². The highest BCUT2D eigenvalue weighted by Gasteiger charge is 2.24. The zero-order valence-corrected chi connectivity index (χ0v) is 16.1. The Morgan fingerprint density at radius 1 is 1.07 bits per heavy atom. The van der Waals surface area contributed by atoms with Crippen molar-refractivity contribution < 1.29 is 4.79 Å². The van der Waals surface area contributed by atoms with E-state index in [0.717, 1.165) is 5.56 Å². The molecule has 0 fully saturated rings. The molecule has 27 heavy (non-hydrogen) atoms. The van der Waals surface area contributed by atoms with Crippen molar-refractivity contribution in [3.63, 3.8) is 0 Å². The zero-order valence-electron chi connectivity index (χ0n) is 16.1. The van der Waals surface area contributed by atoms with E-state index in [9.17, 15) is 9.59 Å². The topological polar surface area (TPSA) is 55.2 Å². The number of carbonyl (C=O) groups excluding carboxylic acids is 1. The fourth-order valence-corrected chi connectivity index (χ4v) is 3.43. The molecule has 5 heteroatoms. The van der Waals surface area contributed by atoms with Gasteiger partial charge in [0.2, 0.25) is 5.91 Å². The van der Waals surface area contributed by atoms with Gasteiger partial charge in [-0.3, -0.25) is 14.2 Å². The van der Waals surface area contributed by atoms with Gasteiger partial charge in [-0.25, -0.2) is 4.98 Å². The summed E-state index contributed by atoms with van der Waals surface area (Å²) < 4.78 is 1.70. The molecule has 3 aromatic rings. The Morgan fingerprint density at radius 2 is 1.74 bits per heavy atom. The summed E-state index contributed by atoms with van der Waals surface area (Å²) in [5.74, 6) is 0.671. The lowest BCUT2D eigenvalue weighted by molar-refractivity contribution is -0.133. The molecule has 0 spiro atoms. The molecule has 0 aliphatic rings. The van der Waals surface area contributed by atoms with Gasteiger partial charge in [0, 0.05) is 13.0 Å². The minimum absolute atomic E-state index is 0.0543. The first-order valence-corrected chi connectivity index (χ1v) is 9.39. The fraction of sp³-hybridized carbons (Fsp3) is 0.318. The van der Waals surface area contributed by atoms with Crippen LogP contribution in [0.15, 0.2) is 59.4 Å². The average Bonchev–Trinajstić information content (AvgIpc) is 2.71. The summed E-state index contributed by atoms with van der Waals surface area (Å²) in [6.07, 6.45) is 0.425. The van der Waals surface area contributed by atoms with Gasteiger partial charge in [0.15, 0.2) is 0 Å². The van der Waals surface area contributed by atoms with Crippen LogP contribution >= 0.6 is 0 Å². The lowest BCUT2D eigenvalue weighted by Gasteiger charge is -2.29. The second kappa shape index (κ2) is 8.16. The first-order valence-electron chi connectivity index (χ1n) is 9.39.